The maximum absolute atomic E-state index is 14.0. The average Bonchev–Trinajstić information content (AvgIpc) is 3.64. The molecule has 210 valence electrons. The van der Waals surface area contributed by atoms with Gasteiger partial charge >= 0.3 is 6.18 Å². The summed E-state index contributed by atoms with van der Waals surface area (Å²) in [5, 5.41) is 5.27. The van der Waals surface area contributed by atoms with Gasteiger partial charge in [0.15, 0.2) is 11.5 Å². The lowest BCUT2D eigenvalue weighted by Gasteiger charge is -2.16. The lowest BCUT2D eigenvalue weighted by Crippen LogP contribution is -2.22. The molecule has 0 radical (unpaired) electrons. The number of anilines is 2. The Labute approximate surface area is 235 Å². The first kappa shape index (κ1) is 26.6. The Morgan fingerprint density at radius 1 is 1.10 bits per heavy atom. The predicted octanol–water partition coefficient (Wildman–Crippen LogP) is 6.10. The zero-order valence-electron chi connectivity index (χ0n) is 22.8. The second kappa shape index (κ2) is 9.81. The lowest BCUT2D eigenvalue weighted by molar-refractivity contribution is -0.141. The van der Waals surface area contributed by atoms with E-state index in [2.05, 4.69) is 33.2 Å². The quantitative estimate of drug-likeness (QED) is 0.246. The summed E-state index contributed by atoms with van der Waals surface area (Å²) in [6.07, 6.45) is -3.00. The van der Waals surface area contributed by atoms with Crippen LogP contribution >= 0.6 is 0 Å². The monoisotopic (exact) mass is 558 g/mol. The zero-order valence-corrected chi connectivity index (χ0v) is 22.8. The van der Waals surface area contributed by atoms with Gasteiger partial charge in [-0.25, -0.2) is 4.68 Å². The molecule has 5 aromatic rings. The Kier molecular flexibility index (Phi) is 6.37. The third kappa shape index (κ3) is 4.74. The van der Waals surface area contributed by atoms with Gasteiger partial charge in [-0.2, -0.15) is 18.3 Å². The Hall–Kier alpha value is -4.57. The van der Waals surface area contributed by atoms with Crippen molar-refractivity contribution in [3.8, 4) is 16.8 Å². The minimum Gasteiger partial charge on any atom is -0.385 e. The fraction of sp³-hybridized carbons (Fsp3) is 0.226. The topological polar surface area (TPSA) is 83.2 Å². The summed E-state index contributed by atoms with van der Waals surface area (Å²) in [7, 11) is 5.93. The number of fused-ring (bicyclic) bond motifs is 2. The number of carbonyl (C=O) groups is 1. The number of carbonyl (C=O) groups excluding carboxylic acids is 1. The minimum absolute atomic E-state index is 0.127. The van der Waals surface area contributed by atoms with Crippen molar-refractivity contribution in [3.05, 3.63) is 95.4 Å². The molecular formula is C31H29F3N6O. The molecule has 7 nitrogen and oxygen atoms in total. The molecule has 1 aliphatic rings. The molecule has 10 heteroatoms. The standard InChI is InChI=1S/C31H29F3N6O/c1-38(2)16-20-6-4-5-7-22(20)18-9-11-23-25(17-39(3)26(23)12-18)29(41)27-14-28(31(32,33)34)37-40(27)21-10-8-19-15-36-30(35)24(19)13-21/h4-15,25,36H,16-17,35H2,1-3H3. The van der Waals surface area contributed by atoms with Crippen molar-refractivity contribution in [1.29, 1.82) is 0 Å². The number of Topliss-reactive ketones (excluding diaryl/α,β-unsaturated/α-hetero) is 1. The highest BCUT2D eigenvalue weighted by Crippen LogP contribution is 2.41. The van der Waals surface area contributed by atoms with Gasteiger partial charge in [0.25, 0.3) is 0 Å². The van der Waals surface area contributed by atoms with Crippen LogP contribution in [0, 0.1) is 0 Å². The number of hydrogen-bond donors (Lipinski definition) is 2. The molecule has 0 bridgehead atoms. The highest BCUT2D eigenvalue weighted by atomic mass is 19.4. The highest BCUT2D eigenvalue weighted by molar-refractivity contribution is 6.03. The number of rotatable bonds is 6. The minimum atomic E-state index is -4.71. The molecule has 3 N–H and O–H groups in total. The number of aromatic nitrogens is 3. The summed E-state index contributed by atoms with van der Waals surface area (Å²) < 4.78 is 42.5. The van der Waals surface area contributed by atoms with Crippen molar-refractivity contribution < 1.29 is 18.0 Å². The number of H-pyrrole nitrogens is 1. The van der Waals surface area contributed by atoms with E-state index in [1.54, 1.807) is 24.4 Å². The van der Waals surface area contributed by atoms with Crippen LogP contribution in [0.15, 0.2) is 72.9 Å². The van der Waals surface area contributed by atoms with Gasteiger partial charge in [0.1, 0.15) is 11.5 Å². The van der Waals surface area contributed by atoms with Crippen molar-refractivity contribution in [2.75, 3.05) is 38.3 Å². The third-order valence-electron chi connectivity index (χ3n) is 7.61. The Morgan fingerprint density at radius 2 is 1.88 bits per heavy atom. The van der Waals surface area contributed by atoms with Crippen LogP contribution in [0.4, 0.5) is 24.7 Å². The summed E-state index contributed by atoms with van der Waals surface area (Å²) >= 11 is 0. The Balaban J connectivity index is 1.41. The van der Waals surface area contributed by atoms with Gasteiger partial charge in [0, 0.05) is 48.9 Å². The van der Waals surface area contributed by atoms with Gasteiger partial charge in [0.2, 0.25) is 0 Å². The molecular weight excluding hydrogens is 529 g/mol. The van der Waals surface area contributed by atoms with E-state index in [4.69, 9.17) is 5.73 Å². The van der Waals surface area contributed by atoms with E-state index >= 15 is 0 Å². The molecule has 0 fully saturated rings. The number of nitrogens with one attached hydrogen (secondary N) is 1. The number of alkyl halides is 3. The number of aromatic amines is 1. The van der Waals surface area contributed by atoms with Crippen LogP contribution in [0.2, 0.25) is 0 Å². The highest BCUT2D eigenvalue weighted by Gasteiger charge is 2.39. The average molecular weight is 559 g/mol. The number of likely N-dealkylation sites (N-methyl/N-ethyl adjacent to an activating group) is 1. The number of halogens is 3. The third-order valence-corrected chi connectivity index (χ3v) is 7.61. The van der Waals surface area contributed by atoms with Crippen LogP contribution < -0.4 is 10.6 Å². The molecule has 0 saturated heterocycles. The van der Waals surface area contributed by atoms with E-state index in [1.807, 2.05) is 50.3 Å². The molecule has 3 heterocycles. The molecule has 0 spiro atoms. The Bertz CT molecular complexity index is 1780. The SMILES string of the molecule is CN(C)Cc1ccccc1-c1ccc2c(c1)N(C)CC2C(=O)c1cc(C(F)(F)F)nn1-c1ccc2c[nH]c(N)c2c1. The fourth-order valence-electron chi connectivity index (χ4n) is 5.65. The summed E-state index contributed by atoms with van der Waals surface area (Å²) in [5.74, 6) is -0.701. The molecule has 6 rings (SSSR count). The molecule has 1 unspecified atom stereocenters. The number of nitrogen functional groups attached to an aromatic ring is 1. The van der Waals surface area contributed by atoms with Crippen LogP contribution in [0.1, 0.15) is 33.2 Å². The summed E-state index contributed by atoms with van der Waals surface area (Å²) in [6.45, 7) is 1.11. The fourth-order valence-corrected chi connectivity index (χ4v) is 5.65. The molecule has 41 heavy (non-hydrogen) atoms. The van der Waals surface area contributed by atoms with Crippen LogP contribution in [-0.4, -0.2) is 53.1 Å². The first-order valence-electron chi connectivity index (χ1n) is 13.2. The lowest BCUT2D eigenvalue weighted by atomic mass is 9.92. The summed E-state index contributed by atoms with van der Waals surface area (Å²) in [6, 6.07) is 20.0. The molecule has 0 aliphatic carbocycles. The first-order chi connectivity index (χ1) is 19.5. The molecule has 0 saturated carbocycles. The largest absolute Gasteiger partial charge is 0.435 e. The molecule has 0 amide bonds. The van der Waals surface area contributed by atoms with E-state index in [-0.39, 0.29) is 5.69 Å². The maximum Gasteiger partial charge on any atom is 0.435 e. The van der Waals surface area contributed by atoms with Gasteiger partial charge < -0.3 is 20.5 Å². The van der Waals surface area contributed by atoms with E-state index in [0.717, 1.165) is 45.1 Å². The first-order valence-corrected chi connectivity index (χ1v) is 13.2. The predicted molar refractivity (Wildman–Crippen MR) is 154 cm³/mol. The van der Waals surface area contributed by atoms with Gasteiger partial charge in [0.05, 0.1) is 11.6 Å². The Morgan fingerprint density at radius 3 is 2.63 bits per heavy atom. The van der Waals surface area contributed by atoms with Crippen LogP contribution in [0.5, 0.6) is 0 Å². The van der Waals surface area contributed by atoms with E-state index in [0.29, 0.717) is 23.4 Å². The smallest absolute Gasteiger partial charge is 0.385 e. The second-order valence-corrected chi connectivity index (χ2v) is 10.8. The molecule has 1 atom stereocenters. The van der Waals surface area contributed by atoms with Crippen molar-refractivity contribution in [2.45, 2.75) is 18.6 Å². The number of nitrogens with two attached hydrogens (primary N) is 1. The second-order valence-electron chi connectivity index (χ2n) is 10.8. The van der Waals surface area contributed by atoms with E-state index < -0.39 is 23.6 Å². The summed E-state index contributed by atoms with van der Waals surface area (Å²) in [4.78, 5) is 21.0. The maximum atomic E-state index is 14.0. The van der Waals surface area contributed by atoms with Crippen LogP contribution in [-0.2, 0) is 12.7 Å². The number of ketones is 1. The molecule has 1 aliphatic heterocycles. The van der Waals surface area contributed by atoms with Gasteiger partial charge in [-0.3, -0.25) is 4.79 Å². The van der Waals surface area contributed by atoms with Crippen LogP contribution in [0.3, 0.4) is 0 Å². The van der Waals surface area contributed by atoms with Crippen molar-refractivity contribution in [3.63, 3.8) is 0 Å². The number of nitrogens with zero attached hydrogens (tertiary/aromatic N) is 4. The zero-order chi connectivity index (χ0) is 29.1. The number of hydrogen-bond acceptors (Lipinski definition) is 5. The van der Waals surface area contributed by atoms with Gasteiger partial charge in [-0.15, -0.1) is 0 Å². The van der Waals surface area contributed by atoms with Gasteiger partial charge in [-0.05, 0) is 54.5 Å². The van der Waals surface area contributed by atoms with Crippen LogP contribution in [0.25, 0.3) is 27.6 Å². The van der Waals surface area contributed by atoms with Crippen molar-refractivity contribution in [1.82, 2.24) is 19.7 Å². The summed E-state index contributed by atoms with van der Waals surface area (Å²) in [5.41, 5.74) is 10.0. The molecule has 3 aromatic carbocycles. The van der Waals surface area contributed by atoms with E-state index in [1.165, 1.54) is 5.56 Å². The van der Waals surface area contributed by atoms with E-state index in [9.17, 15) is 18.0 Å². The van der Waals surface area contributed by atoms with Crippen molar-refractivity contribution >= 4 is 28.1 Å². The molecule has 2 aromatic heterocycles. The number of benzene rings is 3. The van der Waals surface area contributed by atoms with Gasteiger partial charge in [-0.1, -0.05) is 42.5 Å². The normalized spacial score (nSPS) is 15.2. The van der Waals surface area contributed by atoms with Crippen molar-refractivity contribution in [2.24, 2.45) is 0 Å².